The summed E-state index contributed by atoms with van der Waals surface area (Å²) >= 11 is 3.12. The smallest absolute Gasteiger partial charge is 0.290 e. The molecule has 72 valence electrons. The standard InChI is InChI=1S/C10H8BrFN2/c11-9-7-14(10(12)13-9)6-8-4-2-1-3-5-8/h1-5,7H,6H2. The largest absolute Gasteiger partial charge is 0.302 e. The minimum atomic E-state index is -0.472. The molecular formula is C10H8BrFN2. The second-order valence-corrected chi connectivity index (χ2v) is 3.76. The molecule has 1 aromatic carbocycles. The van der Waals surface area contributed by atoms with Crippen LogP contribution in [0.25, 0.3) is 0 Å². The molecule has 0 radical (unpaired) electrons. The van der Waals surface area contributed by atoms with Crippen LogP contribution in [0.3, 0.4) is 0 Å². The van der Waals surface area contributed by atoms with E-state index in [1.54, 1.807) is 6.20 Å². The van der Waals surface area contributed by atoms with Gasteiger partial charge < -0.3 is 4.57 Å². The molecule has 0 spiro atoms. The molecule has 2 nitrogen and oxygen atoms in total. The summed E-state index contributed by atoms with van der Waals surface area (Å²) in [6, 6.07) is 9.70. The van der Waals surface area contributed by atoms with Crippen LogP contribution in [0.2, 0.25) is 0 Å². The Balaban J connectivity index is 2.23. The molecule has 0 unspecified atom stereocenters. The van der Waals surface area contributed by atoms with Gasteiger partial charge in [0.15, 0.2) is 0 Å². The van der Waals surface area contributed by atoms with Crippen molar-refractivity contribution in [1.29, 1.82) is 0 Å². The third-order valence-electron chi connectivity index (χ3n) is 1.89. The van der Waals surface area contributed by atoms with Crippen molar-refractivity contribution in [1.82, 2.24) is 9.55 Å². The summed E-state index contributed by atoms with van der Waals surface area (Å²) < 4.78 is 15.1. The highest BCUT2D eigenvalue weighted by atomic mass is 79.9. The Morgan fingerprint density at radius 2 is 2.00 bits per heavy atom. The van der Waals surface area contributed by atoms with E-state index in [0.29, 0.717) is 11.1 Å². The summed E-state index contributed by atoms with van der Waals surface area (Å²) in [5.74, 6) is 0. The molecule has 0 bridgehead atoms. The number of hydrogen-bond acceptors (Lipinski definition) is 1. The van der Waals surface area contributed by atoms with Gasteiger partial charge in [0.1, 0.15) is 4.60 Å². The van der Waals surface area contributed by atoms with E-state index >= 15 is 0 Å². The van der Waals surface area contributed by atoms with Gasteiger partial charge in [0.05, 0.1) is 6.54 Å². The maximum Gasteiger partial charge on any atom is 0.290 e. The van der Waals surface area contributed by atoms with Crippen LogP contribution in [0.1, 0.15) is 5.56 Å². The summed E-state index contributed by atoms with van der Waals surface area (Å²) in [7, 11) is 0. The third kappa shape index (κ3) is 2.01. The van der Waals surface area contributed by atoms with Gasteiger partial charge in [-0.25, -0.2) is 0 Å². The van der Waals surface area contributed by atoms with Gasteiger partial charge in [-0.05, 0) is 21.5 Å². The number of aromatic nitrogens is 2. The lowest BCUT2D eigenvalue weighted by atomic mass is 10.2. The number of rotatable bonds is 2. The van der Waals surface area contributed by atoms with Crippen molar-refractivity contribution in [3.8, 4) is 0 Å². The van der Waals surface area contributed by atoms with Crippen LogP contribution in [0.4, 0.5) is 4.39 Å². The average Bonchev–Trinajstić information content (AvgIpc) is 2.47. The predicted octanol–water partition coefficient (Wildman–Crippen LogP) is 2.83. The molecule has 1 heterocycles. The lowest BCUT2D eigenvalue weighted by molar-refractivity contribution is 0.484. The minimum absolute atomic E-state index is 0.472. The van der Waals surface area contributed by atoms with Crippen LogP contribution in [0.5, 0.6) is 0 Å². The van der Waals surface area contributed by atoms with Crippen LogP contribution >= 0.6 is 15.9 Å². The first-order chi connectivity index (χ1) is 6.75. The fraction of sp³-hybridized carbons (Fsp3) is 0.100. The number of nitrogens with zero attached hydrogens (tertiary/aromatic N) is 2. The fourth-order valence-corrected chi connectivity index (χ4v) is 1.65. The summed E-state index contributed by atoms with van der Waals surface area (Å²) in [5.41, 5.74) is 1.05. The molecule has 14 heavy (non-hydrogen) atoms. The highest BCUT2D eigenvalue weighted by molar-refractivity contribution is 9.10. The van der Waals surface area contributed by atoms with Gasteiger partial charge >= 0.3 is 0 Å². The molecular weight excluding hydrogens is 247 g/mol. The van der Waals surface area contributed by atoms with Crippen LogP contribution in [-0.2, 0) is 6.54 Å². The molecule has 0 saturated carbocycles. The number of imidazole rings is 1. The van der Waals surface area contributed by atoms with Gasteiger partial charge in [0.25, 0.3) is 6.08 Å². The molecule has 1 aromatic heterocycles. The Kier molecular flexibility index (Phi) is 2.63. The van der Waals surface area contributed by atoms with Gasteiger partial charge in [-0.3, -0.25) is 0 Å². The topological polar surface area (TPSA) is 17.8 Å². The van der Waals surface area contributed by atoms with Gasteiger partial charge in [0.2, 0.25) is 0 Å². The van der Waals surface area contributed by atoms with E-state index in [2.05, 4.69) is 20.9 Å². The van der Waals surface area contributed by atoms with Crippen molar-refractivity contribution in [2.75, 3.05) is 0 Å². The number of benzene rings is 1. The van der Waals surface area contributed by atoms with Gasteiger partial charge in [0, 0.05) is 6.20 Å². The molecule has 0 atom stereocenters. The van der Waals surface area contributed by atoms with Gasteiger partial charge in [-0.2, -0.15) is 9.37 Å². The highest BCUT2D eigenvalue weighted by Gasteiger charge is 2.04. The van der Waals surface area contributed by atoms with Gasteiger partial charge in [-0.15, -0.1) is 0 Å². The normalized spacial score (nSPS) is 10.4. The number of hydrogen-bond donors (Lipinski definition) is 0. The first-order valence-electron chi connectivity index (χ1n) is 4.18. The van der Waals surface area contributed by atoms with Crippen molar-refractivity contribution in [2.24, 2.45) is 0 Å². The van der Waals surface area contributed by atoms with E-state index in [1.807, 2.05) is 30.3 Å². The Bertz CT molecular complexity index is 425. The van der Waals surface area contributed by atoms with E-state index in [1.165, 1.54) is 4.57 Å². The zero-order chi connectivity index (χ0) is 9.97. The molecule has 0 fully saturated rings. The van der Waals surface area contributed by atoms with E-state index in [0.717, 1.165) is 5.56 Å². The molecule has 0 aliphatic rings. The summed E-state index contributed by atoms with van der Waals surface area (Å²) in [6.45, 7) is 0.505. The maximum absolute atomic E-state index is 13.1. The Hall–Kier alpha value is -1.16. The lowest BCUT2D eigenvalue weighted by Crippen LogP contribution is -2.00. The molecule has 0 aliphatic carbocycles. The highest BCUT2D eigenvalue weighted by Crippen LogP contribution is 2.10. The Morgan fingerprint density at radius 3 is 2.57 bits per heavy atom. The van der Waals surface area contributed by atoms with E-state index in [9.17, 15) is 4.39 Å². The fourth-order valence-electron chi connectivity index (χ4n) is 1.25. The maximum atomic E-state index is 13.1. The van der Waals surface area contributed by atoms with Crippen LogP contribution in [0, 0.1) is 6.08 Å². The molecule has 0 saturated heterocycles. The number of halogens is 2. The first kappa shape index (κ1) is 9.40. The Morgan fingerprint density at radius 1 is 1.29 bits per heavy atom. The molecule has 0 amide bonds. The zero-order valence-electron chi connectivity index (χ0n) is 7.32. The van der Waals surface area contributed by atoms with E-state index < -0.39 is 6.08 Å². The molecule has 0 N–H and O–H groups in total. The minimum Gasteiger partial charge on any atom is -0.302 e. The van der Waals surface area contributed by atoms with Crippen molar-refractivity contribution in [3.05, 3.63) is 52.8 Å². The summed E-state index contributed by atoms with van der Waals surface area (Å²) in [4.78, 5) is 3.62. The van der Waals surface area contributed by atoms with Crippen LogP contribution in [0.15, 0.2) is 41.1 Å². The van der Waals surface area contributed by atoms with Crippen LogP contribution in [-0.4, -0.2) is 9.55 Å². The van der Waals surface area contributed by atoms with Crippen molar-refractivity contribution in [2.45, 2.75) is 6.54 Å². The molecule has 2 aromatic rings. The second kappa shape index (κ2) is 3.92. The van der Waals surface area contributed by atoms with Crippen molar-refractivity contribution >= 4 is 15.9 Å². The van der Waals surface area contributed by atoms with Crippen molar-refractivity contribution in [3.63, 3.8) is 0 Å². The second-order valence-electron chi connectivity index (χ2n) is 2.95. The first-order valence-corrected chi connectivity index (χ1v) is 4.97. The molecule has 4 heteroatoms. The van der Waals surface area contributed by atoms with Crippen molar-refractivity contribution < 1.29 is 4.39 Å². The SMILES string of the molecule is Fc1nc(Br)cn1Cc1ccccc1. The lowest BCUT2D eigenvalue weighted by Gasteiger charge is -2.01. The third-order valence-corrected chi connectivity index (χ3v) is 2.28. The Labute approximate surface area is 89.5 Å². The summed E-state index contributed by atoms with van der Waals surface area (Å²) in [6.07, 6.45) is 1.16. The molecule has 0 aliphatic heterocycles. The quantitative estimate of drug-likeness (QED) is 0.806. The zero-order valence-corrected chi connectivity index (χ0v) is 8.91. The van der Waals surface area contributed by atoms with Crippen LogP contribution < -0.4 is 0 Å². The van der Waals surface area contributed by atoms with E-state index in [4.69, 9.17) is 0 Å². The molecule has 2 rings (SSSR count). The summed E-state index contributed by atoms with van der Waals surface area (Å²) in [5, 5.41) is 0. The van der Waals surface area contributed by atoms with E-state index in [-0.39, 0.29) is 0 Å². The monoisotopic (exact) mass is 254 g/mol. The predicted molar refractivity (Wildman–Crippen MR) is 55.4 cm³/mol. The average molecular weight is 255 g/mol. The van der Waals surface area contributed by atoms with Gasteiger partial charge in [-0.1, -0.05) is 30.3 Å².